The lowest BCUT2D eigenvalue weighted by Gasteiger charge is -2.10. The van der Waals surface area contributed by atoms with Gasteiger partial charge < -0.3 is 14.2 Å². The van der Waals surface area contributed by atoms with Gasteiger partial charge in [0.15, 0.2) is 11.5 Å². The van der Waals surface area contributed by atoms with Gasteiger partial charge in [-0.1, -0.05) is 35.9 Å². The second-order valence-electron chi connectivity index (χ2n) is 5.73. The minimum Gasteiger partial charge on any atom is -0.493 e. The maximum Gasteiger partial charge on any atom is 0.330 e. The van der Waals surface area contributed by atoms with Crippen molar-refractivity contribution in [1.29, 1.82) is 0 Å². The van der Waals surface area contributed by atoms with E-state index in [0.717, 1.165) is 16.7 Å². The normalized spacial score (nSPS) is 10.6. The molecule has 0 unspecified atom stereocenters. The van der Waals surface area contributed by atoms with Gasteiger partial charge in [0, 0.05) is 12.5 Å². The van der Waals surface area contributed by atoms with Crippen LogP contribution in [0.5, 0.6) is 11.5 Å². The molecule has 5 nitrogen and oxygen atoms in total. The zero-order valence-electron chi connectivity index (χ0n) is 15.2. The maximum absolute atomic E-state index is 12.1. The molecule has 0 aromatic heterocycles. The number of benzene rings is 2. The summed E-state index contributed by atoms with van der Waals surface area (Å²) in [6.45, 7) is 2.02. The van der Waals surface area contributed by atoms with Crippen LogP contribution >= 0.6 is 0 Å². The highest BCUT2D eigenvalue weighted by atomic mass is 16.6. The first kappa shape index (κ1) is 19.2. The molecule has 2 aromatic carbocycles. The third kappa shape index (κ3) is 5.77. The molecular weight excluding hydrogens is 332 g/mol. The third-order valence-corrected chi connectivity index (χ3v) is 3.72. The number of methoxy groups -OCH3 is 2. The lowest BCUT2D eigenvalue weighted by molar-refractivity contribution is -0.135. The van der Waals surface area contributed by atoms with Crippen molar-refractivity contribution in [2.24, 2.45) is 0 Å². The van der Waals surface area contributed by atoms with Crippen LogP contribution in [0.15, 0.2) is 48.5 Å². The monoisotopic (exact) mass is 354 g/mol. The van der Waals surface area contributed by atoms with E-state index in [1.54, 1.807) is 24.3 Å². The first-order chi connectivity index (χ1) is 12.5. The predicted octanol–water partition coefficient (Wildman–Crippen LogP) is 3.73. The SMILES string of the molecule is COC(=O)/C=C/c1ccc(OC(=O)CCc2cccc(C)c2)c(OC)c1. The van der Waals surface area contributed by atoms with Gasteiger partial charge in [-0.3, -0.25) is 4.79 Å². The van der Waals surface area contributed by atoms with Gasteiger partial charge in [0.05, 0.1) is 14.2 Å². The van der Waals surface area contributed by atoms with Gasteiger partial charge in [-0.25, -0.2) is 4.79 Å². The summed E-state index contributed by atoms with van der Waals surface area (Å²) in [4.78, 5) is 23.3. The third-order valence-electron chi connectivity index (χ3n) is 3.72. The van der Waals surface area contributed by atoms with E-state index >= 15 is 0 Å². The van der Waals surface area contributed by atoms with Crippen LogP contribution in [-0.4, -0.2) is 26.2 Å². The molecule has 0 saturated carbocycles. The zero-order chi connectivity index (χ0) is 18.9. The van der Waals surface area contributed by atoms with Crippen molar-refractivity contribution in [2.75, 3.05) is 14.2 Å². The molecule has 0 aliphatic heterocycles. The van der Waals surface area contributed by atoms with Crippen LogP contribution in [0.3, 0.4) is 0 Å². The fraction of sp³-hybridized carbons (Fsp3) is 0.238. The largest absolute Gasteiger partial charge is 0.493 e. The van der Waals surface area contributed by atoms with E-state index < -0.39 is 5.97 Å². The highest BCUT2D eigenvalue weighted by Crippen LogP contribution is 2.29. The minimum absolute atomic E-state index is 0.274. The Hall–Kier alpha value is -3.08. The Kier molecular flexibility index (Phi) is 6.97. The van der Waals surface area contributed by atoms with Gasteiger partial charge in [0.1, 0.15) is 0 Å². The molecule has 0 bridgehead atoms. The topological polar surface area (TPSA) is 61.8 Å². The van der Waals surface area contributed by atoms with E-state index in [1.807, 2.05) is 25.1 Å². The first-order valence-corrected chi connectivity index (χ1v) is 8.22. The second kappa shape index (κ2) is 9.42. The second-order valence-corrected chi connectivity index (χ2v) is 5.73. The number of rotatable bonds is 7. The number of hydrogen-bond donors (Lipinski definition) is 0. The first-order valence-electron chi connectivity index (χ1n) is 8.22. The average Bonchev–Trinajstić information content (AvgIpc) is 2.65. The quantitative estimate of drug-likeness (QED) is 0.431. The molecule has 0 radical (unpaired) electrons. The van der Waals surface area contributed by atoms with Crippen LogP contribution in [-0.2, 0) is 20.7 Å². The summed E-state index contributed by atoms with van der Waals surface area (Å²) >= 11 is 0. The molecule has 0 fully saturated rings. The van der Waals surface area contributed by atoms with Crippen LogP contribution in [0.1, 0.15) is 23.1 Å². The highest BCUT2D eigenvalue weighted by Gasteiger charge is 2.11. The average molecular weight is 354 g/mol. The number of ether oxygens (including phenoxy) is 3. The van der Waals surface area contributed by atoms with Gasteiger partial charge in [-0.05, 0) is 42.7 Å². The Morgan fingerprint density at radius 2 is 1.85 bits per heavy atom. The highest BCUT2D eigenvalue weighted by molar-refractivity contribution is 5.87. The summed E-state index contributed by atoms with van der Waals surface area (Å²) < 4.78 is 15.2. The molecule has 0 heterocycles. The Bertz CT molecular complexity index is 808. The summed E-state index contributed by atoms with van der Waals surface area (Å²) in [7, 11) is 2.81. The van der Waals surface area contributed by atoms with Crippen molar-refractivity contribution >= 4 is 18.0 Å². The summed E-state index contributed by atoms with van der Waals surface area (Å²) in [5.41, 5.74) is 2.98. The molecule has 2 aromatic rings. The molecule has 136 valence electrons. The fourth-order valence-corrected chi connectivity index (χ4v) is 2.39. The van der Waals surface area contributed by atoms with Crippen molar-refractivity contribution in [3.05, 3.63) is 65.2 Å². The smallest absolute Gasteiger partial charge is 0.330 e. The van der Waals surface area contributed by atoms with Gasteiger partial charge in [-0.15, -0.1) is 0 Å². The van der Waals surface area contributed by atoms with Gasteiger partial charge in [-0.2, -0.15) is 0 Å². The lowest BCUT2D eigenvalue weighted by Crippen LogP contribution is -2.10. The molecule has 0 N–H and O–H groups in total. The Morgan fingerprint density at radius 3 is 2.54 bits per heavy atom. The van der Waals surface area contributed by atoms with Gasteiger partial charge in [0.2, 0.25) is 0 Å². The van der Waals surface area contributed by atoms with Crippen LogP contribution in [0, 0.1) is 6.92 Å². The van der Waals surface area contributed by atoms with E-state index in [0.29, 0.717) is 17.9 Å². The van der Waals surface area contributed by atoms with Crippen molar-refractivity contribution in [2.45, 2.75) is 19.8 Å². The zero-order valence-corrected chi connectivity index (χ0v) is 15.2. The molecule has 0 aliphatic rings. The Morgan fingerprint density at radius 1 is 1.04 bits per heavy atom. The standard InChI is InChI=1S/C21H22O5/c1-15-5-4-6-16(13-15)9-12-21(23)26-18-10-7-17(14-19(18)24-2)8-11-20(22)25-3/h4-8,10-11,13-14H,9,12H2,1-3H3/b11-8+. The molecule has 5 heteroatoms. The van der Waals surface area contributed by atoms with Gasteiger partial charge >= 0.3 is 11.9 Å². The van der Waals surface area contributed by atoms with Crippen molar-refractivity contribution in [1.82, 2.24) is 0 Å². The lowest BCUT2D eigenvalue weighted by atomic mass is 10.1. The molecule has 26 heavy (non-hydrogen) atoms. The summed E-state index contributed by atoms with van der Waals surface area (Å²) in [5.74, 6) is -0.0174. The van der Waals surface area contributed by atoms with Crippen molar-refractivity contribution in [3.63, 3.8) is 0 Å². The fourth-order valence-electron chi connectivity index (χ4n) is 2.39. The molecule has 0 amide bonds. The summed E-state index contributed by atoms with van der Waals surface area (Å²) in [5, 5.41) is 0. The van der Waals surface area contributed by atoms with Gasteiger partial charge in [0.25, 0.3) is 0 Å². The van der Waals surface area contributed by atoms with Crippen LogP contribution < -0.4 is 9.47 Å². The predicted molar refractivity (Wildman–Crippen MR) is 99.2 cm³/mol. The molecule has 0 saturated heterocycles. The number of aryl methyl sites for hydroxylation is 2. The van der Waals surface area contributed by atoms with Crippen LogP contribution in [0.2, 0.25) is 0 Å². The van der Waals surface area contributed by atoms with Crippen LogP contribution in [0.25, 0.3) is 6.08 Å². The molecule has 2 rings (SSSR count). The Balaban J connectivity index is 2.00. The van der Waals surface area contributed by atoms with Crippen molar-refractivity contribution < 1.29 is 23.8 Å². The molecule has 0 spiro atoms. The summed E-state index contributed by atoms with van der Waals surface area (Å²) in [6.07, 6.45) is 3.79. The number of hydrogen-bond acceptors (Lipinski definition) is 5. The minimum atomic E-state index is -0.449. The maximum atomic E-state index is 12.1. The van der Waals surface area contributed by atoms with E-state index in [4.69, 9.17) is 9.47 Å². The number of carbonyl (C=O) groups is 2. The van der Waals surface area contributed by atoms with E-state index in [9.17, 15) is 9.59 Å². The van der Waals surface area contributed by atoms with Crippen LogP contribution in [0.4, 0.5) is 0 Å². The molecule has 0 atom stereocenters. The molecule has 0 aliphatic carbocycles. The van der Waals surface area contributed by atoms with E-state index in [2.05, 4.69) is 10.8 Å². The molecular formula is C21H22O5. The van der Waals surface area contributed by atoms with E-state index in [-0.39, 0.29) is 12.4 Å². The summed E-state index contributed by atoms with van der Waals surface area (Å²) in [6, 6.07) is 13.1. The van der Waals surface area contributed by atoms with E-state index in [1.165, 1.54) is 20.3 Å². The number of esters is 2. The Labute approximate surface area is 153 Å². The number of carbonyl (C=O) groups excluding carboxylic acids is 2. The van der Waals surface area contributed by atoms with Crippen molar-refractivity contribution in [3.8, 4) is 11.5 Å².